The highest BCUT2D eigenvalue weighted by Crippen LogP contribution is 2.24. The van der Waals surface area contributed by atoms with Crippen molar-refractivity contribution >= 4 is 5.97 Å². The number of ether oxygens (including phenoxy) is 1. The molecule has 0 radical (unpaired) electrons. The first-order valence-electron chi connectivity index (χ1n) is 7.33. The molecule has 1 aromatic carbocycles. The second-order valence-corrected chi connectivity index (χ2v) is 5.51. The Morgan fingerprint density at radius 3 is 1.90 bits per heavy atom. The fraction of sp³-hybridized carbons (Fsp3) is 0.500. The highest BCUT2D eigenvalue weighted by atomic mass is 16.5. The van der Waals surface area contributed by atoms with Gasteiger partial charge in [0.25, 0.3) is 0 Å². The van der Waals surface area contributed by atoms with Gasteiger partial charge in [0.15, 0.2) is 0 Å². The minimum atomic E-state index is -0.195. The van der Waals surface area contributed by atoms with E-state index < -0.39 is 0 Å². The molecule has 2 heteroatoms. The third-order valence-corrected chi connectivity index (χ3v) is 3.70. The predicted molar refractivity (Wildman–Crippen MR) is 83.7 cm³/mol. The van der Waals surface area contributed by atoms with Crippen molar-refractivity contribution in [3.8, 4) is 0 Å². The maximum Gasteiger partial charge on any atom is 0.302 e. The number of hydrogen-bond acceptors (Lipinski definition) is 2. The van der Waals surface area contributed by atoms with Crippen LogP contribution in [-0.4, -0.2) is 12.1 Å². The summed E-state index contributed by atoms with van der Waals surface area (Å²) in [5.41, 5.74) is 6.13. The van der Waals surface area contributed by atoms with E-state index in [0.29, 0.717) is 0 Å². The lowest BCUT2D eigenvalue weighted by molar-refractivity contribution is -0.145. The Balaban J connectivity index is 0.000000221. The normalized spacial score (nSPS) is 14.8. The van der Waals surface area contributed by atoms with Gasteiger partial charge >= 0.3 is 5.97 Å². The van der Waals surface area contributed by atoms with Crippen LogP contribution in [0, 0.1) is 0 Å². The van der Waals surface area contributed by atoms with Crippen molar-refractivity contribution in [1.82, 2.24) is 0 Å². The van der Waals surface area contributed by atoms with E-state index in [1.54, 1.807) is 11.1 Å². The molecule has 110 valence electrons. The fourth-order valence-electron chi connectivity index (χ4n) is 2.14. The number of carbonyl (C=O) groups is 1. The van der Waals surface area contributed by atoms with Gasteiger partial charge in [-0.15, -0.1) is 0 Å². The molecule has 0 N–H and O–H groups in total. The Morgan fingerprint density at radius 1 is 1.15 bits per heavy atom. The van der Waals surface area contributed by atoms with Crippen LogP contribution in [0.25, 0.3) is 0 Å². The molecule has 0 aromatic heterocycles. The van der Waals surface area contributed by atoms with E-state index in [9.17, 15) is 4.79 Å². The molecule has 2 rings (SSSR count). The number of esters is 1. The molecular weight excluding hydrogens is 248 g/mol. The Bertz CT molecular complexity index is 453. The second-order valence-electron chi connectivity index (χ2n) is 5.51. The maximum absolute atomic E-state index is 10.2. The van der Waals surface area contributed by atoms with Gasteiger partial charge in [0.05, 0.1) is 6.10 Å². The lowest BCUT2D eigenvalue weighted by atomic mass is 9.88. The Labute approximate surface area is 122 Å². The lowest BCUT2D eigenvalue weighted by Gasteiger charge is -2.18. The zero-order valence-electron chi connectivity index (χ0n) is 13.3. The predicted octanol–water partition coefficient (Wildman–Crippen LogP) is 4.47. The molecule has 0 heterocycles. The van der Waals surface area contributed by atoms with Crippen molar-refractivity contribution in [2.24, 2.45) is 0 Å². The van der Waals surface area contributed by atoms with E-state index in [1.807, 2.05) is 13.8 Å². The summed E-state index contributed by atoms with van der Waals surface area (Å²) >= 11 is 0. The molecule has 1 atom stereocenters. The van der Waals surface area contributed by atoms with E-state index in [2.05, 4.69) is 38.1 Å². The molecule has 0 bridgehead atoms. The number of fused-ring (bicyclic) bond motifs is 1. The van der Waals surface area contributed by atoms with Gasteiger partial charge in [-0.05, 0) is 51.2 Å². The van der Waals surface area contributed by atoms with E-state index in [0.717, 1.165) is 19.3 Å². The highest BCUT2D eigenvalue weighted by molar-refractivity contribution is 5.66. The summed E-state index contributed by atoms with van der Waals surface area (Å²) in [4.78, 5) is 10.2. The van der Waals surface area contributed by atoms with Crippen molar-refractivity contribution in [2.75, 3.05) is 0 Å². The molecule has 0 fully saturated rings. The quantitative estimate of drug-likeness (QED) is 0.587. The summed E-state index contributed by atoms with van der Waals surface area (Å²) in [7, 11) is 0. The van der Waals surface area contributed by atoms with Crippen molar-refractivity contribution in [2.45, 2.75) is 60.0 Å². The van der Waals surface area contributed by atoms with Gasteiger partial charge in [-0.25, -0.2) is 0 Å². The summed E-state index contributed by atoms with van der Waals surface area (Å²) in [6.45, 7) is 9.76. The van der Waals surface area contributed by atoms with Crippen molar-refractivity contribution in [3.05, 3.63) is 46.5 Å². The van der Waals surface area contributed by atoms with Crippen molar-refractivity contribution in [1.29, 1.82) is 0 Å². The van der Waals surface area contributed by atoms with Gasteiger partial charge in [0, 0.05) is 6.92 Å². The molecular formula is C18H26O2. The highest BCUT2D eigenvalue weighted by Gasteiger charge is 2.10. The van der Waals surface area contributed by atoms with E-state index in [-0.39, 0.29) is 12.1 Å². The first-order valence-corrected chi connectivity index (χ1v) is 7.33. The largest absolute Gasteiger partial charge is 0.463 e. The van der Waals surface area contributed by atoms with Gasteiger partial charge in [0.2, 0.25) is 0 Å². The fourth-order valence-corrected chi connectivity index (χ4v) is 2.14. The number of allylic oxidation sites excluding steroid dienone is 2. The van der Waals surface area contributed by atoms with Crippen LogP contribution in [0.15, 0.2) is 35.4 Å². The Kier molecular flexibility index (Phi) is 6.50. The van der Waals surface area contributed by atoms with Crippen LogP contribution in [-0.2, 0) is 22.4 Å². The number of rotatable bonds is 2. The molecule has 20 heavy (non-hydrogen) atoms. The van der Waals surface area contributed by atoms with E-state index >= 15 is 0 Å². The number of benzene rings is 1. The lowest BCUT2D eigenvalue weighted by Crippen LogP contribution is -2.09. The molecule has 0 saturated carbocycles. The van der Waals surface area contributed by atoms with Crippen LogP contribution in [0.3, 0.4) is 0 Å². The summed E-state index contributed by atoms with van der Waals surface area (Å²) < 4.78 is 4.76. The van der Waals surface area contributed by atoms with Crippen LogP contribution >= 0.6 is 0 Å². The molecule has 1 aromatic rings. The molecule has 1 unspecified atom stereocenters. The van der Waals surface area contributed by atoms with Gasteiger partial charge in [-0.2, -0.15) is 0 Å². The zero-order chi connectivity index (χ0) is 15.1. The molecule has 1 aliphatic rings. The summed E-state index contributed by atoms with van der Waals surface area (Å²) in [6.07, 6.45) is 3.27. The molecule has 0 spiro atoms. The van der Waals surface area contributed by atoms with Crippen LogP contribution in [0.4, 0.5) is 0 Å². The SMILES string of the molecule is CC1=C(C)Cc2ccccc2C1.CCC(C)OC(C)=O. The average molecular weight is 274 g/mol. The number of hydrogen-bond donors (Lipinski definition) is 0. The smallest absolute Gasteiger partial charge is 0.302 e. The third-order valence-electron chi connectivity index (χ3n) is 3.70. The third kappa shape index (κ3) is 5.20. The zero-order valence-corrected chi connectivity index (χ0v) is 13.3. The minimum absolute atomic E-state index is 0.0764. The van der Waals surface area contributed by atoms with Crippen LogP contribution in [0.1, 0.15) is 52.2 Å². The summed E-state index contributed by atoms with van der Waals surface area (Å²) in [6, 6.07) is 8.75. The topological polar surface area (TPSA) is 26.3 Å². The van der Waals surface area contributed by atoms with Gasteiger partial charge in [-0.3, -0.25) is 4.79 Å². The van der Waals surface area contributed by atoms with Crippen molar-refractivity contribution < 1.29 is 9.53 Å². The molecule has 0 amide bonds. The van der Waals surface area contributed by atoms with Crippen LogP contribution < -0.4 is 0 Å². The maximum atomic E-state index is 10.2. The van der Waals surface area contributed by atoms with Gasteiger partial charge in [0.1, 0.15) is 0 Å². The Morgan fingerprint density at radius 2 is 1.60 bits per heavy atom. The number of carbonyl (C=O) groups excluding carboxylic acids is 1. The Hall–Kier alpha value is -1.57. The van der Waals surface area contributed by atoms with Crippen LogP contribution in [0.2, 0.25) is 0 Å². The monoisotopic (exact) mass is 274 g/mol. The van der Waals surface area contributed by atoms with Gasteiger partial charge in [-0.1, -0.05) is 42.3 Å². The van der Waals surface area contributed by atoms with Crippen LogP contribution in [0.5, 0.6) is 0 Å². The molecule has 1 aliphatic carbocycles. The van der Waals surface area contributed by atoms with Gasteiger partial charge < -0.3 is 4.74 Å². The van der Waals surface area contributed by atoms with E-state index in [4.69, 9.17) is 4.74 Å². The second kappa shape index (κ2) is 7.88. The summed E-state index contributed by atoms with van der Waals surface area (Å²) in [5, 5.41) is 0. The summed E-state index contributed by atoms with van der Waals surface area (Å²) in [5.74, 6) is -0.195. The average Bonchev–Trinajstić information content (AvgIpc) is 2.40. The molecule has 2 nitrogen and oxygen atoms in total. The standard InChI is InChI=1S/C12H14.C6H12O2/c1-9-7-11-5-3-4-6-12(11)8-10(9)2;1-4-5(2)8-6(3)7/h3-6H,7-8H2,1-2H3;5H,4H2,1-3H3. The minimum Gasteiger partial charge on any atom is -0.463 e. The van der Waals surface area contributed by atoms with E-state index in [1.165, 1.54) is 18.1 Å². The molecule has 0 saturated heterocycles. The molecule has 0 aliphatic heterocycles. The first-order chi connectivity index (χ1) is 9.43. The first kappa shape index (κ1) is 16.5. The van der Waals surface area contributed by atoms with Crippen molar-refractivity contribution in [3.63, 3.8) is 0 Å².